The Hall–Kier alpha value is -3.80. The highest BCUT2D eigenvalue weighted by Gasteiger charge is 2.31. The Balaban J connectivity index is 1.62. The minimum atomic E-state index is -4.52. The van der Waals surface area contributed by atoms with Gasteiger partial charge < -0.3 is 30.2 Å². The van der Waals surface area contributed by atoms with Crippen molar-refractivity contribution in [2.45, 2.75) is 39.1 Å². The Labute approximate surface area is 218 Å². The summed E-state index contributed by atoms with van der Waals surface area (Å²) in [5.74, 6) is 1.71. The van der Waals surface area contributed by atoms with Crippen LogP contribution in [-0.2, 0) is 15.7 Å². The zero-order chi connectivity index (χ0) is 27.6. The monoisotopic (exact) mass is 533 g/mol. The Morgan fingerprint density at radius 3 is 2.68 bits per heavy atom. The van der Waals surface area contributed by atoms with Crippen molar-refractivity contribution >= 4 is 28.3 Å². The highest BCUT2D eigenvalue weighted by Crippen LogP contribution is 2.37. The number of carbonyl (C=O) groups is 1. The Bertz CT molecular complexity index is 1330. The number of benzene rings is 2. The van der Waals surface area contributed by atoms with Gasteiger partial charge in [0, 0.05) is 30.6 Å². The molecule has 1 aliphatic rings. The fourth-order valence-electron chi connectivity index (χ4n) is 4.30. The maximum atomic E-state index is 13.3. The minimum absolute atomic E-state index is 0.0147. The summed E-state index contributed by atoms with van der Waals surface area (Å²) in [5, 5.41) is 3.79. The largest absolute Gasteiger partial charge is 0.493 e. The van der Waals surface area contributed by atoms with Crippen LogP contribution in [-0.4, -0.2) is 60.3 Å². The van der Waals surface area contributed by atoms with E-state index in [0.717, 1.165) is 12.1 Å². The summed E-state index contributed by atoms with van der Waals surface area (Å²) < 4.78 is 57.3. The number of ether oxygens (including phenoxy) is 3. The lowest BCUT2D eigenvalue weighted by atomic mass is 10.0. The molecule has 0 bridgehead atoms. The normalized spacial score (nSPS) is 16.8. The number of morpholine rings is 1. The first kappa shape index (κ1) is 27.2. The van der Waals surface area contributed by atoms with E-state index in [9.17, 15) is 18.0 Å². The number of nitrogen functional groups attached to an aromatic ring is 1. The molecule has 4 rings (SSSR count). The molecule has 12 heteroatoms. The van der Waals surface area contributed by atoms with Crippen molar-refractivity contribution in [1.29, 1.82) is 0 Å². The lowest BCUT2D eigenvalue weighted by Crippen LogP contribution is -2.46. The van der Waals surface area contributed by atoms with Gasteiger partial charge in [-0.05, 0) is 43.7 Å². The maximum Gasteiger partial charge on any atom is 0.416 e. The number of hydrogen-bond acceptors (Lipinski definition) is 8. The summed E-state index contributed by atoms with van der Waals surface area (Å²) in [5.41, 5.74) is 5.88. The molecule has 0 saturated carbocycles. The third-order valence-corrected chi connectivity index (χ3v) is 6.26. The Kier molecular flexibility index (Phi) is 7.81. The first-order valence-electron chi connectivity index (χ1n) is 12.0. The van der Waals surface area contributed by atoms with Crippen molar-refractivity contribution in [3.05, 3.63) is 47.3 Å². The first-order valence-corrected chi connectivity index (χ1v) is 12.0. The van der Waals surface area contributed by atoms with Crippen LogP contribution < -0.4 is 20.5 Å². The molecule has 1 fully saturated rings. The second kappa shape index (κ2) is 10.9. The van der Waals surface area contributed by atoms with Gasteiger partial charge in [0.15, 0.2) is 11.5 Å². The number of amides is 1. The molecule has 1 aliphatic heterocycles. The van der Waals surface area contributed by atoms with Crippen LogP contribution in [0.2, 0.25) is 0 Å². The number of rotatable bonds is 7. The van der Waals surface area contributed by atoms with E-state index in [4.69, 9.17) is 19.9 Å². The fraction of sp³-hybridized carbons (Fsp3) is 0.423. The van der Waals surface area contributed by atoms with Gasteiger partial charge in [0.05, 0.1) is 37.4 Å². The van der Waals surface area contributed by atoms with Crippen LogP contribution in [0.3, 0.4) is 0 Å². The molecule has 38 heavy (non-hydrogen) atoms. The number of aryl methyl sites for hydroxylation is 1. The number of nitrogens with zero attached hydrogens (tertiary/aromatic N) is 3. The van der Waals surface area contributed by atoms with E-state index in [0.29, 0.717) is 59.3 Å². The zero-order valence-corrected chi connectivity index (χ0v) is 21.6. The predicted molar refractivity (Wildman–Crippen MR) is 136 cm³/mol. The van der Waals surface area contributed by atoms with Crippen LogP contribution in [0.15, 0.2) is 30.3 Å². The molecule has 204 valence electrons. The molecule has 9 nitrogen and oxygen atoms in total. The third-order valence-electron chi connectivity index (χ3n) is 6.26. The van der Waals surface area contributed by atoms with Gasteiger partial charge in [-0.2, -0.15) is 13.2 Å². The number of nitrogens with two attached hydrogens (primary N) is 1. The second-order valence-electron chi connectivity index (χ2n) is 9.16. The number of fused-ring (bicyclic) bond motifs is 1. The van der Waals surface area contributed by atoms with Gasteiger partial charge in [0.1, 0.15) is 24.4 Å². The number of carbonyl (C=O) groups excluding carboxylic acids is 1. The molecule has 1 aromatic heterocycles. The van der Waals surface area contributed by atoms with Gasteiger partial charge in [-0.1, -0.05) is 0 Å². The average Bonchev–Trinajstić information content (AvgIpc) is 2.86. The Morgan fingerprint density at radius 2 is 2.00 bits per heavy atom. The number of nitrogens with one attached hydrogen (secondary N) is 1. The summed E-state index contributed by atoms with van der Waals surface area (Å²) >= 11 is 0. The zero-order valence-electron chi connectivity index (χ0n) is 21.6. The number of halogens is 3. The van der Waals surface area contributed by atoms with Crippen LogP contribution in [0.1, 0.15) is 36.8 Å². The van der Waals surface area contributed by atoms with Crippen molar-refractivity contribution in [2.75, 3.05) is 44.5 Å². The number of methoxy groups -OCH3 is 1. The summed E-state index contributed by atoms with van der Waals surface area (Å²) in [7, 11) is 1.51. The van der Waals surface area contributed by atoms with E-state index < -0.39 is 17.8 Å². The van der Waals surface area contributed by atoms with Gasteiger partial charge >= 0.3 is 6.18 Å². The van der Waals surface area contributed by atoms with E-state index in [2.05, 4.69) is 15.3 Å². The summed E-state index contributed by atoms with van der Waals surface area (Å²) in [6.07, 6.45) is -4.83. The van der Waals surface area contributed by atoms with Gasteiger partial charge in [0.25, 0.3) is 0 Å². The molecule has 0 aliphatic carbocycles. The number of aromatic nitrogens is 2. The number of alkyl halides is 3. The number of hydrogen-bond donors (Lipinski definition) is 2. The summed E-state index contributed by atoms with van der Waals surface area (Å²) in [4.78, 5) is 22.4. The molecular formula is C26H30F3N5O4. The molecule has 1 amide bonds. The van der Waals surface area contributed by atoms with Gasteiger partial charge in [-0.15, -0.1) is 0 Å². The summed E-state index contributed by atoms with van der Waals surface area (Å²) in [6, 6.07) is 6.33. The van der Waals surface area contributed by atoms with Crippen LogP contribution in [0.4, 0.5) is 24.7 Å². The third kappa shape index (κ3) is 6.18. The van der Waals surface area contributed by atoms with E-state index in [1.807, 2.05) is 0 Å². The highest BCUT2D eigenvalue weighted by atomic mass is 19.4. The van der Waals surface area contributed by atoms with Gasteiger partial charge in [-0.25, -0.2) is 9.97 Å². The van der Waals surface area contributed by atoms with Crippen molar-refractivity contribution in [3.8, 4) is 11.5 Å². The van der Waals surface area contributed by atoms with E-state index in [1.165, 1.54) is 20.1 Å². The lowest BCUT2D eigenvalue weighted by molar-refractivity contribution is -0.138. The molecule has 2 atom stereocenters. The van der Waals surface area contributed by atoms with Gasteiger partial charge in [0.2, 0.25) is 5.91 Å². The summed E-state index contributed by atoms with van der Waals surface area (Å²) in [6.45, 7) is 6.50. The molecule has 0 radical (unpaired) electrons. The van der Waals surface area contributed by atoms with Crippen LogP contribution in [0.5, 0.6) is 11.5 Å². The second-order valence-corrected chi connectivity index (χ2v) is 9.16. The van der Waals surface area contributed by atoms with Gasteiger partial charge in [-0.3, -0.25) is 4.79 Å². The number of anilines is 2. The molecule has 0 spiro atoms. The van der Waals surface area contributed by atoms with Crippen molar-refractivity contribution in [3.63, 3.8) is 0 Å². The predicted octanol–water partition coefficient (Wildman–Crippen LogP) is 4.35. The molecular weight excluding hydrogens is 503 g/mol. The van der Waals surface area contributed by atoms with Crippen LogP contribution >= 0.6 is 0 Å². The van der Waals surface area contributed by atoms with Crippen molar-refractivity contribution in [1.82, 2.24) is 14.9 Å². The van der Waals surface area contributed by atoms with E-state index in [1.54, 1.807) is 30.9 Å². The first-order chi connectivity index (χ1) is 17.9. The molecule has 1 saturated heterocycles. The maximum absolute atomic E-state index is 13.3. The van der Waals surface area contributed by atoms with Crippen LogP contribution in [0, 0.1) is 6.92 Å². The molecule has 3 N–H and O–H groups in total. The molecule has 0 unspecified atom stereocenters. The molecule has 2 aromatic carbocycles. The smallest absolute Gasteiger partial charge is 0.416 e. The fourth-order valence-corrected chi connectivity index (χ4v) is 4.30. The molecule has 2 heterocycles. The van der Waals surface area contributed by atoms with Crippen molar-refractivity contribution < 1.29 is 32.2 Å². The van der Waals surface area contributed by atoms with E-state index >= 15 is 0 Å². The Morgan fingerprint density at radius 1 is 1.24 bits per heavy atom. The van der Waals surface area contributed by atoms with Crippen LogP contribution in [0.25, 0.3) is 10.9 Å². The average molecular weight is 534 g/mol. The van der Waals surface area contributed by atoms with Crippen molar-refractivity contribution in [2.24, 2.45) is 0 Å². The standard InChI is InChI=1S/C26H30F3N5O4/c1-14(17-7-18(26(27,28)29)9-19(30)8-17)31-25-21-10-24(23(36-4)11-22(21)32-15(2)33-25)38-13-20-12-34(16(3)35)5-6-37-20/h7-11,14,20H,5-6,12-13,30H2,1-4H3,(H,31,32,33)/t14-,20-/m1/s1. The lowest BCUT2D eigenvalue weighted by Gasteiger charge is -2.32. The quantitative estimate of drug-likeness (QED) is 0.432. The highest BCUT2D eigenvalue weighted by molar-refractivity contribution is 5.92. The van der Waals surface area contributed by atoms with E-state index in [-0.39, 0.29) is 24.3 Å². The molecule has 3 aromatic rings. The SMILES string of the molecule is COc1cc2nc(C)nc(N[C@H](C)c3cc(N)cc(C(F)(F)F)c3)c2cc1OC[C@H]1CN(C(C)=O)CCO1. The minimum Gasteiger partial charge on any atom is -0.493 e. The topological polar surface area (TPSA) is 112 Å².